The fourth-order valence-electron chi connectivity index (χ4n) is 11.7. The van der Waals surface area contributed by atoms with Gasteiger partial charge in [0.05, 0.1) is 32.0 Å². The Bertz CT molecular complexity index is 1410. The topological polar surface area (TPSA) is 228 Å². The maximum absolute atomic E-state index is 13.3. The average molecular weight is 1160 g/mol. The van der Waals surface area contributed by atoms with Crippen LogP contribution in [0.2, 0.25) is 0 Å². The molecule has 2 rings (SSSR count). The second kappa shape index (κ2) is 53.0. The van der Waals surface area contributed by atoms with Gasteiger partial charge in [0.25, 0.3) is 0 Å². The number of rotatable bonds is 57. The van der Waals surface area contributed by atoms with E-state index in [1.165, 1.54) is 238 Å². The lowest BCUT2D eigenvalue weighted by Crippen LogP contribution is -2.65. The molecule has 0 aromatic carbocycles. The summed E-state index contributed by atoms with van der Waals surface area (Å²) < 4.78 is 22.9. The van der Waals surface area contributed by atoms with E-state index in [-0.39, 0.29) is 12.5 Å². The highest BCUT2D eigenvalue weighted by molar-refractivity contribution is 5.76. The van der Waals surface area contributed by atoms with E-state index in [1.807, 2.05) is 0 Å². The number of carbonyl (C=O) groups excluding carboxylic acids is 1. The molecule has 480 valence electrons. The van der Waals surface area contributed by atoms with Crippen molar-refractivity contribution in [3.8, 4) is 0 Å². The summed E-state index contributed by atoms with van der Waals surface area (Å²) >= 11 is 0. The minimum absolute atomic E-state index is 0.200. The lowest BCUT2D eigenvalue weighted by Gasteiger charge is -2.46. The van der Waals surface area contributed by atoms with Gasteiger partial charge >= 0.3 is 0 Å². The quantitative estimate of drug-likeness (QED) is 0.0204. The van der Waals surface area contributed by atoms with Crippen molar-refractivity contribution in [2.75, 3.05) is 19.8 Å². The van der Waals surface area contributed by atoms with Crippen molar-refractivity contribution in [2.45, 2.75) is 389 Å². The molecule has 12 unspecified atom stereocenters. The molecule has 14 heteroatoms. The second-order valence-corrected chi connectivity index (χ2v) is 24.7. The summed E-state index contributed by atoms with van der Waals surface area (Å²) in [4.78, 5) is 13.3. The highest BCUT2D eigenvalue weighted by atomic mass is 16.7. The van der Waals surface area contributed by atoms with Crippen LogP contribution in [-0.2, 0) is 23.7 Å². The molecule has 2 aliphatic heterocycles. The zero-order valence-corrected chi connectivity index (χ0v) is 52.1. The van der Waals surface area contributed by atoms with E-state index < -0.39 is 86.8 Å². The van der Waals surface area contributed by atoms with Crippen molar-refractivity contribution < 1.29 is 64.6 Å². The molecule has 0 spiro atoms. The van der Waals surface area contributed by atoms with E-state index in [9.17, 15) is 45.6 Å². The van der Waals surface area contributed by atoms with Crippen LogP contribution in [0, 0.1) is 0 Å². The first-order chi connectivity index (χ1) is 39.6. The Morgan fingerprint density at radius 1 is 0.432 bits per heavy atom. The molecule has 81 heavy (non-hydrogen) atoms. The minimum atomic E-state index is -1.78. The van der Waals surface area contributed by atoms with E-state index in [1.54, 1.807) is 0 Å². The molecule has 0 bridgehead atoms. The van der Waals surface area contributed by atoms with E-state index in [4.69, 9.17) is 18.9 Å². The minimum Gasteiger partial charge on any atom is -0.394 e. The average Bonchev–Trinajstić information content (AvgIpc) is 3.47. The molecule has 2 saturated heterocycles. The van der Waals surface area contributed by atoms with Crippen molar-refractivity contribution >= 4 is 5.91 Å². The zero-order chi connectivity index (χ0) is 58.8. The highest BCUT2D eigenvalue weighted by Crippen LogP contribution is 2.30. The number of hydrogen-bond acceptors (Lipinski definition) is 13. The molecule has 2 aliphatic rings. The van der Waals surface area contributed by atoms with E-state index in [2.05, 4.69) is 31.3 Å². The van der Waals surface area contributed by atoms with Crippen LogP contribution in [0.1, 0.15) is 316 Å². The summed E-state index contributed by atoms with van der Waals surface area (Å²) in [5, 5.41) is 87.6. The van der Waals surface area contributed by atoms with Gasteiger partial charge in [-0.1, -0.05) is 283 Å². The molecule has 0 aromatic rings. The number of allylic oxidation sites excluding steroid dienone is 2. The number of aliphatic hydroxyl groups excluding tert-OH is 8. The Hall–Kier alpha value is -1.27. The first-order valence-electron chi connectivity index (χ1n) is 34.4. The van der Waals surface area contributed by atoms with Crippen LogP contribution in [0.15, 0.2) is 12.2 Å². The summed E-state index contributed by atoms with van der Waals surface area (Å²) in [7, 11) is 0. The lowest BCUT2D eigenvalue weighted by atomic mass is 9.97. The van der Waals surface area contributed by atoms with Crippen LogP contribution in [0.5, 0.6) is 0 Å². The normalized spacial score (nSPS) is 24.1. The molecule has 14 nitrogen and oxygen atoms in total. The SMILES string of the molecule is CCCCCCCCCC/C=C\CCCCCCCCCCCCCCCC(=O)NC(COC1OC(CO)C(OC2OC(CO)C(O)C(O)C2O)C(O)C1O)C(O)CCCCCCCCCCCCCCCCCCCCCCCC. The molecule has 12 atom stereocenters. The van der Waals surface area contributed by atoms with Crippen LogP contribution in [0.4, 0.5) is 0 Å². The second-order valence-electron chi connectivity index (χ2n) is 24.7. The fourth-order valence-corrected chi connectivity index (χ4v) is 11.7. The maximum Gasteiger partial charge on any atom is 0.220 e. The third kappa shape index (κ3) is 37.8. The third-order valence-corrected chi connectivity index (χ3v) is 17.2. The zero-order valence-electron chi connectivity index (χ0n) is 52.1. The number of ether oxygens (including phenoxy) is 4. The van der Waals surface area contributed by atoms with Gasteiger partial charge in [-0.05, 0) is 38.5 Å². The van der Waals surface area contributed by atoms with Gasteiger partial charge in [0.1, 0.15) is 48.8 Å². The van der Waals surface area contributed by atoms with Crippen LogP contribution in [0.3, 0.4) is 0 Å². The van der Waals surface area contributed by atoms with Crippen molar-refractivity contribution in [2.24, 2.45) is 0 Å². The molecular formula is C67H129NO13. The van der Waals surface area contributed by atoms with Crippen molar-refractivity contribution in [3.63, 3.8) is 0 Å². The molecule has 2 fully saturated rings. The Morgan fingerprint density at radius 2 is 0.778 bits per heavy atom. The monoisotopic (exact) mass is 1160 g/mol. The van der Waals surface area contributed by atoms with Gasteiger partial charge in [0, 0.05) is 6.42 Å². The van der Waals surface area contributed by atoms with Crippen LogP contribution in [0.25, 0.3) is 0 Å². The molecular weight excluding hydrogens is 1030 g/mol. The van der Waals surface area contributed by atoms with Gasteiger partial charge in [-0.25, -0.2) is 0 Å². The predicted molar refractivity (Wildman–Crippen MR) is 328 cm³/mol. The Labute approximate surface area is 495 Å². The molecule has 2 heterocycles. The van der Waals surface area contributed by atoms with Gasteiger partial charge in [0.2, 0.25) is 5.91 Å². The van der Waals surface area contributed by atoms with E-state index in [0.717, 1.165) is 51.4 Å². The first-order valence-corrected chi connectivity index (χ1v) is 34.4. The Kier molecular flexibility index (Phi) is 49.6. The van der Waals surface area contributed by atoms with Crippen molar-refractivity contribution in [3.05, 3.63) is 12.2 Å². The van der Waals surface area contributed by atoms with E-state index >= 15 is 0 Å². The van der Waals surface area contributed by atoms with Gasteiger partial charge in [-0.15, -0.1) is 0 Å². The van der Waals surface area contributed by atoms with E-state index in [0.29, 0.717) is 12.8 Å². The molecule has 9 N–H and O–H groups in total. The van der Waals surface area contributed by atoms with Gasteiger partial charge in [-0.2, -0.15) is 0 Å². The summed E-state index contributed by atoms with van der Waals surface area (Å²) in [5.74, 6) is -0.200. The molecule has 0 aromatic heterocycles. The Balaban J connectivity index is 1.68. The number of hydrogen-bond donors (Lipinski definition) is 9. The maximum atomic E-state index is 13.3. The standard InChI is InChI=1S/C67H129NO13/c1-3-5-7-9-11-13-15-17-19-21-23-25-27-28-29-31-33-35-37-39-41-43-45-47-49-51-59(72)68-55(54-78-66-64(77)62(75)65(58(53-70)80-66)81-67-63(76)61(74)60(73)57(52-69)79-67)56(71)50-48-46-44-42-40-38-36-34-32-30-26-24-22-20-18-16-14-12-10-8-6-4-2/h21,23,55-58,60-67,69-71,73-77H,3-20,22,24-54H2,1-2H3,(H,68,72)/b23-21-. The molecule has 1 amide bonds. The van der Waals surface area contributed by atoms with Gasteiger partial charge in [-0.3, -0.25) is 4.79 Å². The molecule has 0 saturated carbocycles. The van der Waals surface area contributed by atoms with Gasteiger partial charge in [0.15, 0.2) is 12.6 Å². The number of amides is 1. The highest BCUT2D eigenvalue weighted by Gasteiger charge is 2.51. The third-order valence-electron chi connectivity index (χ3n) is 17.2. The van der Waals surface area contributed by atoms with Crippen molar-refractivity contribution in [1.29, 1.82) is 0 Å². The summed E-state index contributed by atoms with van der Waals surface area (Å²) in [6, 6.07) is -0.826. The smallest absolute Gasteiger partial charge is 0.220 e. The van der Waals surface area contributed by atoms with Crippen LogP contribution >= 0.6 is 0 Å². The largest absolute Gasteiger partial charge is 0.394 e. The fraction of sp³-hybridized carbons (Fsp3) is 0.955. The number of unbranched alkanes of at least 4 members (excludes halogenated alkanes) is 42. The van der Waals surface area contributed by atoms with Crippen molar-refractivity contribution in [1.82, 2.24) is 5.32 Å². The number of aliphatic hydroxyl groups is 8. The Morgan fingerprint density at radius 3 is 1.17 bits per heavy atom. The van der Waals surface area contributed by atoms with Crippen LogP contribution in [-0.4, -0.2) is 140 Å². The number of carbonyl (C=O) groups is 1. The lowest BCUT2D eigenvalue weighted by molar-refractivity contribution is -0.359. The summed E-state index contributed by atoms with van der Waals surface area (Å²) in [5.41, 5.74) is 0. The summed E-state index contributed by atoms with van der Waals surface area (Å²) in [6.45, 7) is 2.92. The summed E-state index contributed by atoms with van der Waals surface area (Å²) in [6.07, 6.45) is 46.5. The first kappa shape index (κ1) is 75.8. The number of nitrogens with one attached hydrogen (secondary N) is 1. The van der Waals surface area contributed by atoms with Gasteiger partial charge < -0.3 is 65.1 Å². The van der Waals surface area contributed by atoms with Crippen LogP contribution < -0.4 is 5.32 Å². The molecule has 0 aliphatic carbocycles. The predicted octanol–water partition coefficient (Wildman–Crippen LogP) is 13.4. The molecule has 0 radical (unpaired) electrons.